The van der Waals surface area contributed by atoms with E-state index in [-0.39, 0.29) is 5.75 Å². The van der Waals surface area contributed by atoms with E-state index in [1.54, 1.807) is 0 Å². The van der Waals surface area contributed by atoms with E-state index < -0.39 is 14.6 Å². The molecule has 0 bridgehead atoms. The topological polar surface area (TPSA) is 61.8 Å². The zero-order valence-corrected chi connectivity index (χ0v) is 16.2. The molecule has 2 atom stereocenters. The fourth-order valence-electron chi connectivity index (χ4n) is 3.44. The molecule has 1 saturated carbocycles. The third-order valence-electron chi connectivity index (χ3n) is 5.23. The quantitative estimate of drug-likeness (QED) is 0.657. The van der Waals surface area contributed by atoms with Crippen LogP contribution in [0.25, 0.3) is 0 Å². The van der Waals surface area contributed by atoms with Crippen LogP contribution in [0.15, 0.2) is 35.3 Å². The van der Waals surface area contributed by atoms with Gasteiger partial charge in [-0.2, -0.15) is 0 Å². The summed E-state index contributed by atoms with van der Waals surface area (Å²) in [5, 5.41) is 3.58. The van der Waals surface area contributed by atoms with Crippen LogP contribution in [0.3, 0.4) is 0 Å². The zero-order chi connectivity index (χ0) is 18.1. The number of benzene rings is 1. The Labute approximate surface area is 151 Å². The number of guanidine groups is 1. The third-order valence-corrected chi connectivity index (χ3v) is 7.76. The highest BCUT2D eigenvalue weighted by Crippen LogP contribution is 2.34. The van der Waals surface area contributed by atoms with Gasteiger partial charge in [0.25, 0.3) is 0 Å². The van der Waals surface area contributed by atoms with E-state index >= 15 is 0 Å². The highest BCUT2D eigenvalue weighted by molar-refractivity contribution is 7.92. The smallest absolute Gasteiger partial charge is 0.194 e. The van der Waals surface area contributed by atoms with Gasteiger partial charge in [-0.1, -0.05) is 30.3 Å². The summed E-state index contributed by atoms with van der Waals surface area (Å²) in [6, 6.07) is 11.0. The van der Waals surface area contributed by atoms with Gasteiger partial charge in [0, 0.05) is 25.7 Å². The van der Waals surface area contributed by atoms with Crippen LogP contribution in [0.4, 0.5) is 0 Å². The first-order valence-corrected chi connectivity index (χ1v) is 10.8. The second-order valence-corrected chi connectivity index (χ2v) is 10.5. The standard InChI is InChI=1S/C19H29N3O2S/c1-4-20-18(22-10-11-25(23,24)19(2,3)14-22)21-17-13-16(17)12-15-8-6-5-7-9-15/h5-9,16-17H,4,10-14H2,1-3H3,(H,20,21). The average molecular weight is 364 g/mol. The molecule has 3 rings (SSSR count). The Morgan fingerprint density at radius 1 is 1.32 bits per heavy atom. The molecule has 1 aliphatic carbocycles. The number of rotatable bonds is 4. The predicted molar refractivity (Wildman–Crippen MR) is 103 cm³/mol. The van der Waals surface area contributed by atoms with Gasteiger partial charge in [0.15, 0.2) is 15.8 Å². The first-order chi connectivity index (χ1) is 11.8. The number of nitrogens with one attached hydrogen (secondary N) is 1. The molecule has 1 saturated heterocycles. The Balaban J connectivity index is 1.61. The van der Waals surface area contributed by atoms with Gasteiger partial charge in [0.2, 0.25) is 0 Å². The van der Waals surface area contributed by atoms with Crippen molar-refractivity contribution in [2.24, 2.45) is 10.9 Å². The van der Waals surface area contributed by atoms with Crippen molar-refractivity contribution in [3.63, 3.8) is 0 Å². The third kappa shape index (κ3) is 4.17. The minimum atomic E-state index is -3.03. The average Bonchev–Trinajstić information content (AvgIpc) is 3.28. The largest absolute Gasteiger partial charge is 0.353 e. The zero-order valence-electron chi connectivity index (χ0n) is 15.4. The fraction of sp³-hybridized carbons (Fsp3) is 0.632. The molecule has 1 heterocycles. The Hall–Kier alpha value is -1.56. The van der Waals surface area contributed by atoms with Crippen LogP contribution in [0.2, 0.25) is 0 Å². The molecule has 2 fully saturated rings. The number of sulfone groups is 1. The van der Waals surface area contributed by atoms with Crippen molar-refractivity contribution < 1.29 is 8.42 Å². The second kappa shape index (κ2) is 6.98. The summed E-state index contributed by atoms with van der Waals surface area (Å²) in [7, 11) is -3.03. The molecule has 0 spiro atoms. The van der Waals surface area contributed by atoms with Crippen molar-refractivity contribution in [2.75, 3.05) is 25.4 Å². The van der Waals surface area contributed by atoms with Crippen molar-refractivity contribution in [3.8, 4) is 0 Å². The number of hydrogen-bond acceptors (Lipinski definition) is 3. The molecule has 2 aliphatic rings. The Morgan fingerprint density at radius 2 is 2.04 bits per heavy atom. The lowest BCUT2D eigenvalue weighted by Gasteiger charge is -2.39. The Morgan fingerprint density at radius 3 is 2.68 bits per heavy atom. The van der Waals surface area contributed by atoms with Gasteiger partial charge in [-0.3, -0.25) is 4.99 Å². The van der Waals surface area contributed by atoms with E-state index in [9.17, 15) is 8.42 Å². The molecule has 6 heteroatoms. The van der Waals surface area contributed by atoms with Crippen molar-refractivity contribution in [2.45, 2.75) is 44.4 Å². The second-order valence-electron chi connectivity index (χ2n) is 7.73. The number of hydrogen-bond donors (Lipinski definition) is 1. The van der Waals surface area contributed by atoms with Crippen LogP contribution in [0.1, 0.15) is 32.8 Å². The van der Waals surface area contributed by atoms with Gasteiger partial charge >= 0.3 is 0 Å². The summed E-state index contributed by atoms with van der Waals surface area (Å²) in [5.41, 5.74) is 1.37. The van der Waals surface area contributed by atoms with Gasteiger partial charge in [0.1, 0.15) is 0 Å². The Bertz CT molecular complexity index is 728. The lowest BCUT2D eigenvalue weighted by Crippen LogP contribution is -2.57. The molecule has 1 aliphatic heterocycles. The molecule has 2 unspecified atom stereocenters. The summed E-state index contributed by atoms with van der Waals surface area (Å²) in [6.07, 6.45) is 2.23. The minimum Gasteiger partial charge on any atom is -0.353 e. The predicted octanol–water partition coefficient (Wildman–Crippen LogP) is 2.09. The Kier molecular flexibility index (Phi) is 5.09. The van der Waals surface area contributed by atoms with Crippen LogP contribution in [0, 0.1) is 5.92 Å². The molecule has 5 nitrogen and oxygen atoms in total. The lowest BCUT2D eigenvalue weighted by molar-refractivity contribution is 0.352. The molecule has 25 heavy (non-hydrogen) atoms. The minimum absolute atomic E-state index is 0.197. The molecular formula is C19H29N3O2S. The maximum Gasteiger partial charge on any atom is 0.194 e. The van der Waals surface area contributed by atoms with Crippen LogP contribution in [-0.4, -0.2) is 55.5 Å². The molecule has 0 amide bonds. The highest BCUT2D eigenvalue weighted by Gasteiger charge is 2.43. The van der Waals surface area contributed by atoms with Crippen molar-refractivity contribution in [1.29, 1.82) is 0 Å². The normalized spacial score (nSPS) is 27.8. The molecule has 138 valence electrons. The summed E-state index contributed by atoms with van der Waals surface area (Å²) >= 11 is 0. The lowest BCUT2D eigenvalue weighted by atomic mass is 10.1. The van der Waals surface area contributed by atoms with Crippen LogP contribution in [-0.2, 0) is 16.3 Å². The molecule has 1 aromatic rings. The maximum atomic E-state index is 12.2. The summed E-state index contributed by atoms with van der Waals surface area (Å²) in [5.74, 6) is 1.69. The molecule has 0 radical (unpaired) electrons. The van der Waals surface area contributed by atoms with Gasteiger partial charge in [0.05, 0.1) is 10.5 Å². The fourth-order valence-corrected chi connectivity index (χ4v) is 4.81. The first-order valence-electron chi connectivity index (χ1n) is 9.14. The highest BCUT2D eigenvalue weighted by atomic mass is 32.2. The van der Waals surface area contributed by atoms with Crippen molar-refractivity contribution in [3.05, 3.63) is 35.9 Å². The maximum absolute atomic E-state index is 12.2. The van der Waals surface area contributed by atoms with Gasteiger partial charge < -0.3 is 10.2 Å². The van der Waals surface area contributed by atoms with Crippen LogP contribution < -0.4 is 5.32 Å². The van der Waals surface area contributed by atoms with Crippen LogP contribution in [0.5, 0.6) is 0 Å². The summed E-state index contributed by atoms with van der Waals surface area (Å²) < 4.78 is 23.7. The molecule has 1 aromatic carbocycles. The van der Waals surface area contributed by atoms with E-state index in [2.05, 4.69) is 39.5 Å². The molecule has 0 aromatic heterocycles. The van der Waals surface area contributed by atoms with Crippen molar-refractivity contribution in [1.82, 2.24) is 10.2 Å². The van der Waals surface area contributed by atoms with E-state index in [0.29, 0.717) is 31.6 Å². The summed E-state index contributed by atoms with van der Waals surface area (Å²) in [4.78, 5) is 6.73. The van der Waals surface area contributed by atoms with Gasteiger partial charge in [-0.05, 0) is 45.1 Å². The monoisotopic (exact) mass is 363 g/mol. The van der Waals surface area contributed by atoms with E-state index in [0.717, 1.165) is 18.8 Å². The first kappa shape index (κ1) is 18.2. The van der Waals surface area contributed by atoms with Crippen molar-refractivity contribution >= 4 is 15.8 Å². The van der Waals surface area contributed by atoms with E-state index in [1.807, 2.05) is 26.8 Å². The molecule has 1 N–H and O–H groups in total. The van der Waals surface area contributed by atoms with E-state index in [1.165, 1.54) is 5.56 Å². The van der Waals surface area contributed by atoms with E-state index in [4.69, 9.17) is 0 Å². The SMILES string of the molecule is CCN=C(NC1CC1Cc1ccccc1)N1CCS(=O)(=O)C(C)(C)C1. The number of nitrogens with zero attached hydrogens (tertiary/aromatic N) is 2. The number of aliphatic imine (C=N–C) groups is 1. The molecular weight excluding hydrogens is 334 g/mol. The summed E-state index contributed by atoms with van der Waals surface area (Å²) in [6.45, 7) is 7.36. The van der Waals surface area contributed by atoms with Gasteiger partial charge in [-0.25, -0.2) is 8.42 Å². The van der Waals surface area contributed by atoms with Gasteiger partial charge in [-0.15, -0.1) is 0 Å². The van der Waals surface area contributed by atoms with Crippen LogP contribution >= 0.6 is 0 Å².